The Labute approximate surface area is 133 Å². The van der Waals surface area contributed by atoms with Gasteiger partial charge in [-0.05, 0) is 38.5 Å². The number of carbonyl (C=O) groups is 1. The van der Waals surface area contributed by atoms with E-state index in [1.165, 1.54) is 6.33 Å². The third kappa shape index (κ3) is 3.15. The highest BCUT2D eigenvalue weighted by molar-refractivity contribution is 5.92. The molecule has 2 heterocycles. The lowest BCUT2D eigenvalue weighted by Gasteiger charge is -2.08. The van der Waals surface area contributed by atoms with Gasteiger partial charge >= 0.3 is 0 Å². The summed E-state index contributed by atoms with van der Waals surface area (Å²) in [5.74, 6) is 0.860. The fraction of sp³-hybridized carbons (Fsp3) is 0.235. The summed E-state index contributed by atoms with van der Waals surface area (Å²) >= 11 is 0. The van der Waals surface area contributed by atoms with Crippen molar-refractivity contribution in [1.29, 1.82) is 0 Å². The van der Waals surface area contributed by atoms with Crippen LogP contribution >= 0.6 is 0 Å². The van der Waals surface area contributed by atoms with E-state index in [0.717, 1.165) is 22.6 Å². The molecule has 6 heteroatoms. The van der Waals surface area contributed by atoms with E-state index in [1.807, 2.05) is 45.0 Å². The van der Waals surface area contributed by atoms with Crippen LogP contribution in [0.1, 0.15) is 16.9 Å². The number of nitrogens with one attached hydrogen (secondary N) is 1. The molecule has 118 valence electrons. The topological polar surface area (TPSA) is 77.2 Å². The van der Waals surface area contributed by atoms with Crippen LogP contribution in [-0.4, -0.2) is 22.5 Å². The van der Waals surface area contributed by atoms with Crippen LogP contribution in [0.15, 0.2) is 35.0 Å². The maximum Gasteiger partial charge on any atom is 0.262 e. The van der Waals surface area contributed by atoms with Crippen LogP contribution in [0.3, 0.4) is 0 Å². The number of furan rings is 1. The minimum atomic E-state index is -0.250. The van der Waals surface area contributed by atoms with Gasteiger partial charge in [0.2, 0.25) is 11.6 Å². The third-order valence-electron chi connectivity index (χ3n) is 3.57. The Bertz CT molecular complexity index is 871. The zero-order valence-electron chi connectivity index (χ0n) is 13.2. The van der Waals surface area contributed by atoms with E-state index < -0.39 is 0 Å². The Morgan fingerprint density at radius 3 is 2.87 bits per heavy atom. The van der Waals surface area contributed by atoms with Crippen LogP contribution in [-0.2, 0) is 4.79 Å². The molecule has 0 fully saturated rings. The average Bonchev–Trinajstić information content (AvgIpc) is 2.81. The van der Waals surface area contributed by atoms with Crippen molar-refractivity contribution in [3.05, 3.63) is 47.5 Å². The van der Waals surface area contributed by atoms with E-state index in [4.69, 9.17) is 9.15 Å². The molecule has 0 bridgehead atoms. The molecule has 0 unspecified atom stereocenters. The van der Waals surface area contributed by atoms with E-state index in [2.05, 4.69) is 15.3 Å². The molecule has 0 radical (unpaired) electrons. The Morgan fingerprint density at radius 2 is 2.09 bits per heavy atom. The van der Waals surface area contributed by atoms with Crippen LogP contribution in [0.4, 0.5) is 5.69 Å². The predicted octanol–water partition coefficient (Wildman–Crippen LogP) is 3.17. The van der Waals surface area contributed by atoms with Crippen molar-refractivity contribution in [1.82, 2.24) is 9.97 Å². The van der Waals surface area contributed by atoms with Crippen LogP contribution in [0.5, 0.6) is 5.88 Å². The fourth-order valence-electron chi connectivity index (χ4n) is 2.31. The number of hydrogen-bond acceptors (Lipinski definition) is 5. The molecule has 3 rings (SSSR count). The Kier molecular flexibility index (Phi) is 3.97. The zero-order valence-corrected chi connectivity index (χ0v) is 13.2. The number of anilines is 1. The molecule has 0 aliphatic rings. The molecule has 0 atom stereocenters. The summed E-state index contributed by atoms with van der Waals surface area (Å²) in [6, 6.07) is 7.58. The van der Waals surface area contributed by atoms with Gasteiger partial charge in [-0.25, -0.2) is 9.97 Å². The molecule has 0 saturated carbocycles. The first-order valence-electron chi connectivity index (χ1n) is 7.24. The molecule has 3 aromatic rings. The number of amides is 1. The summed E-state index contributed by atoms with van der Waals surface area (Å²) in [4.78, 5) is 20.2. The smallest absolute Gasteiger partial charge is 0.262 e. The summed E-state index contributed by atoms with van der Waals surface area (Å²) in [7, 11) is 0. The normalized spacial score (nSPS) is 10.7. The summed E-state index contributed by atoms with van der Waals surface area (Å²) in [6.07, 6.45) is 1.36. The van der Waals surface area contributed by atoms with Gasteiger partial charge in [0.05, 0.1) is 0 Å². The van der Waals surface area contributed by atoms with E-state index in [1.54, 1.807) is 0 Å². The number of benzene rings is 1. The first kappa shape index (κ1) is 15.0. The van der Waals surface area contributed by atoms with E-state index in [-0.39, 0.29) is 12.5 Å². The molecule has 6 nitrogen and oxygen atoms in total. The monoisotopic (exact) mass is 311 g/mol. The molecule has 0 aliphatic carbocycles. The summed E-state index contributed by atoms with van der Waals surface area (Å²) in [5.41, 5.74) is 3.19. The maximum atomic E-state index is 12.0. The fourth-order valence-corrected chi connectivity index (χ4v) is 2.31. The molecular weight excluding hydrogens is 294 g/mol. The van der Waals surface area contributed by atoms with Gasteiger partial charge in [0.1, 0.15) is 17.5 Å². The minimum absolute atomic E-state index is 0.135. The third-order valence-corrected chi connectivity index (χ3v) is 3.57. The average molecular weight is 311 g/mol. The van der Waals surface area contributed by atoms with E-state index >= 15 is 0 Å². The predicted molar refractivity (Wildman–Crippen MR) is 86.6 cm³/mol. The van der Waals surface area contributed by atoms with Crippen molar-refractivity contribution in [3.8, 4) is 5.88 Å². The molecule has 0 spiro atoms. The quantitative estimate of drug-likeness (QED) is 0.801. The number of nitrogens with zero attached hydrogens (tertiary/aromatic N) is 2. The lowest BCUT2D eigenvalue weighted by Crippen LogP contribution is -2.20. The standard InChI is InChI=1S/C17H17N3O3/c1-10-5-4-6-13(7-10)20-14(21)8-22-16-15-11(2)12(3)23-17(15)19-9-18-16/h4-7,9H,8H2,1-3H3,(H,20,21). The first-order valence-corrected chi connectivity index (χ1v) is 7.24. The lowest BCUT2D eigenvalue weighted by atomic mass is 10.2. The number of ether oxygens (including phenoxy) is 1. The number of carbonyl (C=O) groups excluding carboxylic acids is 1. The number of rotatable bonds is 4. The summed E-state index contributed by atoms with van der Waals surface area (Å²) < 4.78 is 11.1. The highest BCUT2D eigenvalue weighted by Crippen LogP contribution is 2.29. The maximum absolute atomic E-state index is 12.0. The van der Waals surface area contributed by atoms with Crippen LogP contribution in [0.2, 0.25) is 0 Å². The van der Waals surface area contributed by atoms with Gasteiger partial charge in [-0.2, -0.15) is 0 Å². The van der Waals surface area contributed by atoms with Gasteiger partial charge < -0.3 is 14.5 Å². The number of aryl methyl sites for hydroxylation is 3. The zero-order chi connectivity index (χ0) is 16.4. The summed E-state index contributed by atoms with van der Waals surface area (Å²) in [6.45, 7) is 5.59. The van der Waals surface area contributed by atoms with Crippen molar-refractivity contribution in [2.24, 2.45) is 0 Å². The minimum Gasteiger partial charge on any atom is -0.467 e. The van der Waals surface area contributed by atoms with Gasteiger partial charge in [0.25, 0.3) is 5.91 Å². The number of fused-ring (bicyclic) bond motifs is 1. The van der Waals surface area contributed by atoms with Gasteiger partial charge in [-0.15, -0.1) is 0 Å². The van der Waals surface area contributed by atoms with Crippen molar-refractivity contribution in [3.63, 3.8) is 0 Å². The van der Waals surface area contributed by atoms with Crippen LogP contribution < -0.4 is 10.1 Å². The van der Waals surface area contributed by atoms with Crippen LogP contribution in [0, 0.1) is 20.8 Å². The van der Waals surface area contributed by atoms with Gasteiger partial charge in [0, 0.05) is 11.3 Å². The SMILES string of the molecule is Cc1cccc(NC(=O)COc2ncnc3oc(C)c(C)c23)c1. The lowest BCUT2D eigenvalue weighted by molar-refractivity contribution is -0.118. The molecule has 1 N–H and O–H groups in total. The highest BCUT2D eigenvalue weighted by atomic mass is 16.5. The molecule has 0 aliphatic heterocycles. The van der Waals surface area contributed by atoms with Crippen molar-refractivity contribution < 1.29 is 13.9 Å². The Morgan fingerprint density at radius 1 is 1.26 bits per heavy atom. The van der Waals surface area contributed by atoms with Gasteiger partial charge in [-0.1, -0.05) is 12.1 Å². The van der Waals surface area contributed by atoms with Crippen LogP contribution in [0.25, 0.3) is 11.1 Å². The molecule has 23 heavy (non-hydrogen) atoms. The van der Waals surface area contributed by atoms with Crippen molar-refractivity contribution in [2.45, 2.75) is 20.8 Å². The Hall–Kier alpha value is -2.89. The van der Waals surface area contributed by atoms with Gasteiger partial charge in [0.15, 0.2) is 6.61 Å². The highest BCUT2D eigenvalue weighted by Gasteiger charge is 2.15. The van der Waals surface area contributed by atoms with Crippen molar-refractivity contribution in [2.75, 3.05) is 11.9 Å². The molecule has 2 aromatic heterocycles. The largest absolute Gasteiger partial charge is 0.467 e. The second-order valence-electron chi connectivity index (χ2n) is 5.35. The first-order chi connectivity index (χ1) is 11.0. The second-order valence-corrected chi connectivity index (χ2v) is 5.35. The van der Waals surface area contributed by atoms with E-state index in [0.29, 0.717) is 17.0 Å². The van der Waals surface area contributed by atoms with E-state index in [9.17, 15) is 4.79 Å². The molecule has 0 saturated heterocycles. The number of aromatic nitrogens is 2. The Balaban J connectivity index is 1.72. The molecule has 1 amide bonds. The number of hydrogen-bond donors (Lipinski definition) is 1. The second kappa shape index (κ2) is 6.08. The summed E-state index contributed by atoms with van der Waals surface area (Å²) in [5, 5.41) is 3.49. The molecular formula is C17H17N3O3. The molecule has 1 aromatic carbocycles. The van der Waals surface area contributed by atoms with Crippen molar-refractivity contribution >= 4 is 22.7 Å². The van der Waals surface area contributed by atoms with Gasteiger partial charge in [-0.3, -0.25) is 4.79 Å².